The number of aryl methyl sites for hydroxylation is 1. The molecule has 3 aliphatic heterocycles. The highest BCUT2D eigenvalue weighted by molar-refractivity contribution is 8.00. The zero-order valence-electron chi connectivity index (χ0n) is 16.8. The molecule has 3 aliphatic rings. The molecule has 3 saturated heterocycles. The number of piperazine rings is 1. The van der Waals surface area contributed by atoms with Gasteiger partial charge in [0.25, 0.3) is 0 Å². The van der Waals surface area contributed by atoms with Crippen LogP contribution in [0.4, 0.5) is 0 Å². The summed E-state index contributed by atoms with van der Waals surface area (Å²) in [6.07, 6.45) is 4.87. The number of nitrogens with zero attached hydrogens (tertiary/aromatic N) is 2. The van der Waals surface area contributed by atoms with Gasteiger partial charge in [-0.15, -0.1) is 11.8 Å². The second-order valence-electron chi connectivity index (χ2n) is 8.34. The van der Waals surface area contributed by atoms with Crippen molar-refractivity contribution in [1.82, 2.24) is 20.4 Å². The molecule has 0 radical (unpaired) electrons. The van der Waals surface area contributed by atoms with E-state index < -0.39 is 0 Å². The van der Waals surface area contributed by atoms with E-state index in [4.69, 9.17) is 0 Å². The maximum atomic E-state index is 13.0. The maximum absolute atomic E-state index is 13.0. The molecule has 0 aliphatic carbocycles. The summed E-state index contributed by atoms with van der Waals surface area (Å²) in [5, 5.41) is 7.58. The van der Waals surface area contributed by atoms with Crippen LogP contribution < -0.4 is 10.6 Å². The van der Waals surface area contributed by atoms with E-state index in [-0.39, 0.29) is 6.04 Å². The number of benzene rings is 1. The van der Waals surface area contributed by atoms with E-state index in [1.807, 2.05) is 11.8 Å². The molecule has 0 aromatic heterocycles. The Labute approximate surface area is 173 Å². The van der Waals surface area contributed by atoms with Crippen LogP contribution in [-0.2, 0) is 11.2 Å². The highest BCUT2D eigenvalue weighted by atomic mass is 32.2. The predicted molar refractivity (Wildman–Crippen MR) is 117 cm³/mol. The number of hydrogen-bond donors (Lipinski definition) is 2. The molecule has 0 saturated carbocycles. The maximum Gasteiger partial charge on any atom is 0.240 e. The van der Waals surface area contributed by atoms with Crippen molar-refractivity contribution in [2.45, 2.75) is 37.1 Å². The number of hydrogen-bond acceptors (Lipinski definition) is 5. The van der Waals surface area contributed by atoms with E-state index in [1.54, 1.807) is 0 Å². The van der Waals surface area contributed by atoms with E-state index in [9.17, 15) is 4.79 Å². The zero-order chi connectivity index (χ0) is 19.2. The predicted octanol–water partition coefficient (Wildman–Crippen LogP) is 1.79. The minimum absolute atomic E-state index is 0.0153. The molecular formula is C22H34N4OS. The molecule has 1 amide bonds. The summed E-state index contributed by atoms with van der Waals surface area (Å²) in [5.74, 6) is 1.91. The Morgan fingerprint density at radius 3 is 2.71 bits per heavy atom. The van der Waals surface area contributed by atoms with Gasteiger partial charge in [-0.1, -0.05) is 30.3 Å². The van der Waals surface area contributed by atoms with Gasteiger partial charge in [-0.3, -0.25) is 15.0 Å². The fourth-order valence-corrected chi connectivity index (χ4v) is 6.01. The molecule has 3 heterocycles. The van der Waals surface area contributed by atoms with E-state index >= 15 is 0 Å². The fourth-order valence-electron chi connectivity index (χ4n) is 4.61. The lowest BCUT2D eigenvalue weighted by Crippen LogP contribution is -2.54. The molecule has 2 N–H and O–H groups in total. The lowest BCUT2D eigenvalue weighted by atomic mass is 9.99. The third-order valence-electron chi connectivity index (χ3n) is 6.34. The van der Waals surface area contributed by atoms with Gasteiger partial charge < -0.3 is 10.2 Å². The highest BCUT2D eigenvalue weighted by Gasteiger charge is 2.37. The summed E-state index contributed by atoms with van der Waals surface area (Å²) in [6, 6.07) is 10.7. The second-order valence-corrected chi connectivity index (χ2v) is 9.51. The first kappa shape index (κ1) is 20.2. The van der Waals surface area contributed by atoms with Crippen molar-refractivity contribution in [3.63, 3.8) is 0 Å². The summed E-state index contributed by atoms with van der Waals surface area (Å²) in [6.45, 7) is 7.14. The summed E-state index contributed by atoms with van der Waals surface area (Å²) >= 11 is 1.95. The van der Waals surface area contributed by atoms with E-state index in [1.165, 1.54) is 24.8 Å². The zero-order valence-corrected chi connectivity index (χ0v) is 17.6. The van der Waals surface area contributed by atoms with E-state index in [2.05, 4.69) is 50.8 Å². The Kier molecular flexibility index (Phi) is 7.29. The van der Waals surface area contributed by atoms with Gasteiger partial charge in [-0.05, 0) is 50.3 Å². The van der Waals surface area contributed by atoms with Gasteiger partial charge >= 0.3 is 0 Å². The average molecular weight is 403 g/mol. The third kappa shape index (κ3) is 5.29. The smallest absolute Gasteiger partial charge is 0.240 e. The molecule has 1 aromatic carbocycles. The van der Waals surface area contributed by atoms with Crippen LogP contribution in [0.1, 0.15) is 24.8 Å². The first-order chi connectivity index (χ1) is 13.8. The van der Waals surface area contributed by atoms with Crippen molar-refractivity contribution in [1.29, 1.82) is 0 Å². The van der Waals surface area contributed by atoms with Crippen LogP contribution in [-0.4, -0.2) is 78.7 Å². The minimum atomic E-state index is 0.0153. The van der Waals surface area contributed by atoms with Gasteiger partial charge in [-0.25, -0.2) is 0 Å². The van der Waals surface area contributed by atoms with Gasteiger partial charge in [0, 0.05) is 38.5 Å². The molecule has 0 bridgehead atoms. The standard InChI is InChI=1S/C22H34N4OS/c27-22(20-17-28-21(24-20)19-9-4-10-23-16-19)26-14-12-25(13-15-26)11-5-8-18-6-2-1-3-7-18/h1-3,6-7,19-21,23-24H,4-5,8-17H2/t19?,20-,21?/m0/s1. The Hall–Kier alpha value is -1.08. The van der Waals surface area contributed by atoms with Crippen LogP contribution in [0.5, 0.6) is 0 Å². The number of carbonyl (C=O) groups excluding carboxylic acids is 1. The van der Waals surface area contributed by atoms with E-state index in [0.29, 0.717) is 17.2 Å². The normalized spacial score (nSPS) is 29.1. The van der Waals surface area contributed by atoms with Gasteiger partial charge in [0.2, 0.25) is 5.91 Å². The number of piperidine rings is 1. The van der Waals surface area contributed by atoms with Crippen molar-refractivity contribution in [2.75, 3.05) is 51.6 Å². The summed E-state index contributed by atoms with van der Waals surface area (Å²) in [5.41, 5.74) is 1.42. The minimum Gasteiger partial charge on any atom is -0.339 e. The lowest BCUT2D eigenvalue weighted by molar-refractivity contribution is -0.134. The number of carbonyl (C=O) groups is 1. The Balaban J connectivity index is 1.16. The lowest BCUT2D eigenvalue weighted by Gasteiger charge is -2.36. The molecule has 2 unspecified atom stereocenters. The Morgan fingerprint density at radius 1 is 1.14 bits per heavy atom. The molecular weight excluding hydrogens is 368 g/mol. The average Bonchev–Trinajstić information content (AvgIpc) is 3.25. The van der Waals surface area contributed by atoms with Gasteiger partial charge in [0.05, 0.1) is 11.4 Å². The van der Waals surface area contributed by atoms with Crippen molar-refractivity contribution >= 4 is 17.7 Å². The molecule has 4 rings (SSSR count). The Bertz CT molecular complexity index is 614. The van der Waals surface area contributed by atoms with Crippen molar-refractivity contribution in [3.05, 3.63) is 35.9 Å². The molecule has 6 heteroatoms. The molecule has 3 fully saturated rings. The largest absolute Gasteiger partial charge is 0.339 e. The SMILES string of the molecule is O=C([C@@H]1CSC(C2CCCNC2)N1)N1CCN(CCCc2ccccc2)CC1. The number of amides is 1. The van der Waals surface area contributed by atoms with Gasteiger partial charge in [0.15, 0.2) is 0 Å². The van der Waals surface area contributed by atoms with Crippen LogP contribution >= 0.6 is 11.8 Å². The first-order valence-corrected chi connectivity index (χ1v) is 12.0. The number of nitrogens with one attached hydrogen (secondary N) is 2. The van der Waals surface area contributed by atoms with Crippen LogP contribution in [0.2, 0.25) is 0 Å². The fraction of sp³-hybridized carbons (Fsp3) is 0.682. The monoisotopic (exact) mass is 402 g/mol. The third-order valence-corrected chi connectivity index (χ3v) is 7.74. The molecule has 5 nitrogen and oxygen atoms in total. The molecule has 154 valence electrons. The second kappa shape index (κ2) is 10.1. The number of thioether (sulfide) groups is 1. The molecule has 3 atom stereocenters. The van der Waals surface area contributed by atoms with Gasteiger partial charge in [-0.2, -0.15) is 0 Å². The quantitative estimate of drug-likeness (QED) is 0.760. The van der Waals surface area contributed by atoms with Crippen LogP contribution in [0.25, 0.3) is 0 Å². The summed E-state index contributed by atoms with van der Waals surface area (Å²) in [4.78, 5) is 17.6. The molecule has 0 spiro atoms. The van der Waals surface area contributed by atoms with Crippen molar-refractivity contribution < 1.29 is 4.79 Å². The topological polar surface area (TPSA) is 47.6 Å². The van der Waals surface area contributed by atoms with Crippen molar-refractivity contribution in [3.8, 4) is 0 Å². The van der Waals surface area contributed by atoms with Gasteiger partial charge in [0.1, 0.15) is 0 Å². The Morgan fingerprint density at radius 2 is 1.96 bits per heavy atom. The van der Waals surface area contributed by atoms with E-state index in [0.717, 1.165) is 58.0 Å². The van der Waals surface area contributed by atoms with Crippen molar-refractivity contribution in [2.24, 2.45) is 5.92 Å². The first-order valence-electron chi connectivity index (χ1n) is 10.9. The van der Waals surface area contributed by atoms with Crippen LogP contribution in [0.15, 0.2) is 30.3 Å². The number of rotatable bonds is 6. The van der Waals surface area contributed by atoms with Crippen LogP contribution in [0, 0.1) is 5.92 Å². The molecule has 28 heavy (non-hydrogen) atoms. The van der Waals surface area contributed by atoms with Crippen LogP contribution in [0.3, 0.4) is 0 Å². The molecule has 1 aromatic rings. The summed E-state index contributed by atoms with van der Waals surface area (Å²) in [7, 11) is 0. The highest BCUT2D eigenvalue weighted by Crippen LogP contribution is 2.29. The summed E-state index contributed by atoms with van der Waals surface area (Å²) < 4.78 is 0.